The van der Waals surface area contributed by atoms with Gasteiger partial charge >= 0.3 is 5.97 Å². The van der Waals surface area contributed by atoms with Gasteiger partial charge in [0.15, 0.2) is 5.11 Å². The van der Waals surface area contributed by atoms with Gasteiger partial charge in [0.1, 0.15) is 22.7 Å². The molecule has 0 unspecified atom stereocenters. The van der Waals surface area contributed by atoms with E-state index >= 15 is 0 Å². The molecule has 2 heterocycles. The molecule has 4 aromatic rings. The Kier molecular flexibility index (Phi) is 7.74. The van der Waals surface area contributed by atoms with Crippen molar-refractivity contribution in [3.8, 4) is 11.1 Å². The summed E-state index contributed by atoms with van der Waals surface area (Å²) in [5.41, 5.74) is 2.84. The van der Waals surface area contributed by atoms with Crippen molar-refractivity contribution in [2.75, 3.05) is 17.2 Å². The SMILES string of the molecule is CCOC(=O)c1c(NC(=S)Nc2ncn(Cc3ccc(F)cc3Cl)n2)sc(C)c1-c1ccccc1. The zero-order chi connectivity index (χ0) is 24.9. The van der Waals surface area contributed by atoms with E-state index in [2.05, 4.69) is 20.7 Å². The maximum Gasteiger partial charge on any atom is 0.341 e. The average Bonchev–Trinajstić information content (AvgIpc) is 3.39. The number of esters is 1. The van der Waals surface area contributed by atoms with Crippen LogP contribution in [0.25, 0.3) is 11.1 Å². The number of anilines is 2. The van der Waals surface area contributed by atoms with Gasteiger partial charge in [0.25, 0.3) is 0 Å². The third kappa shape index (κ3) is 5.84. The summed E-state index contributed by atoms with van der Waals surface area (Å²) in [7, 11) is 0. The molecule has 2 aromatic carbocycles. The van der Waals surface area contributed by atoms with Gasteiger partial charge in [0, 0.05) is 15.5 Å². The van der Waals surface area contributed by atoms with Crippen LogP contribution in [0.4, 0.5) is 15.3 Å². The maximum absolute atomic E-state index is 13.3. The Labute approximate surface area is 215 Å². The van der Waals surface area contributed by atoms with Crippen LogP contribution >= 0.6 is 35.2 Å². The minimum Gasteiger partial charge on any atom is -0.462 e. The van der Waals surface area contributed by atoms with E-state index in [1.165, 1.54) is 29.8 Å². The van der Waals surface area contributed by atoms with Crippen molar-refractivity contribution in [1.82, 2.24) is 14.8 Å². The van der Waals surface area contributed by atoms with E-state index in [9.17, 15) is 9.18 Å². The van der Waals surface area contributed by atoms with E-state index < -0.39 is 11.8 Å². The summed E-state index contributed by atoms with van der Waals surface area (Å²) in [6, 6.07) is 13.8. The highest BCUT2D eigenvalue weighted by atomic mass is 35.5. The Balaban J connectivity index is 1.52. The van der Waals surface area contributed by atoms with Crippen molar-refractivity contribution in [3.05, 3.63) is 81.7 Å². The lowest BCUT2D eigenvalue weighted by atomic mass is 10.0. The normalized spacial score (nSPS) is 10.7. The van der Waals surface area contributed by atoms with E-state index in [1.54, 1.807) is 17.7 Å². The fourth-order valence-corrected chi connectivity index (χ4v) is 5.03. The molecule has 2 aromatic heterocycles. The van der Waals surface area contributed by atoms with Crippen molar-refractivity contribution in [1.29, 1.82) is 0 Å². The molecule has 0 bridgehead atoms. The summed E-state index contributed by atoms with van der Waals surface area (Å²) in [6.07, 6.45) is 1.51. The molecule has 0 amide bonds. The van der Waals surface area contributed by atoms with Crippen LogP contribution < -0.4 is 10.6 Å². The number of rotatable bonds is 7. The highest BCUT2D eigenvalue weighted by Gasteiger charge is 2.25. The van der Waals surface area contributed by atoms with Crippen LogP contribution in [-0.2, 0) is 11.3 Å². The molecule has 180 valence electrons. The summed E-state index contributed by atoms with van der Waals surface area (Å²) in [5.74, 6) is -0.577. The second-order valence-corrected chi connectivity index (χ2v) is 9.44. The molecule has 2 N–H and O–H groups in total. The van der Waals surface area contributed by atoms with Crippen LogP contribution in [0, 0.1) is 12.7 Å². The number of benzene rings is 2. The lowest BCUT2D eigenvalue weighted by Gasteiger charge is -2.10. The number of thiophene rings is 1. The zero-order valence-corrected chi connectivity index (χ0v) is 21.2. The fraction of sp³-hybridized carbons (Fsp3) is 0.167. The van der Waals surface area contributed by atoms with Gasteiger partial charge in [-0.1, -0.05) is 48.0 Å². The number of aryl methyl sites for hydroxylation is 1. The standard InChI is InChI=1S/C24H21ClFN5O2S2/c1-3-33-22(32)20-19(15-7-5-4-6-8-15)14(2)35-21(20)28-24(34)29-23-27-13-31(30-23)12-16-9-10-17(26)11-18(16)25/h4-11,13H,3,12H2,1-2H3,(H2,28,29,30,34). The van der Waals surface area contributed by atoms with Crippen LogP contribution in [0.2, 0.25) is 5.02 Å². The molecular weight excluding hydrogens is 509 g/mol. The van der Waals surface area contributed by atoms with E-state index in [0.717, 1.165) is 16.0 Å². The molecule has 0 aliphatic carbocycles. The van der Waals surface area contributed by atoms with Crippen LogP contribution in [0.1, 0.15) is 27.7 Å². The number of carbonyl (C=O) groups is 1. The van der Waals surface area contributed by atoms with Crippen molar-refractivity contribution < 1.29 is 13.9 Å². The molecule has 0 atom stereocenters. The van der Waals surface area contributed by atoms with Crippen LogP contribution in [0.15, 0.2) is 54.9 Å². The number of aromatic nitrogens is 3. The molecule has 4 rings (SSSR count). The summed E-state index contributed by atoms with van der Waals surface area (Å²) < 4.78 is 20.2. The van der Waals surface area contributed by atoms with Gasteiger partial charge in [-0.3, -0.25) is 5.32 Å². The number of ether oxygens (including phenoxy) is 1. The second kappa shape index (κ2) is 10.9. The minimum atomic E-state index is -0.431. The van der Waals surface area contributed by atoms with Crippen molar-refractivity contribution in [2.24, 2.45) is 0 Å². The first-order chi connectivity index (χ1) is 16.9. The number of halogens is 2. The highest BCUT2D eigenvalue weighted by molar-refractivity contribution is 7.80. The molecule has 0 aliphatic rings. The average molecular weight is 530 g/mol. The Hall–Kier alpha value is -3.34. The molecule has 0 spiro atoms. The predicted molar refractivity (Wildman–Crippen MR) is 141 cm³/mol. The van der Waals surface area contributed by atoms with E-state index in [4.69, 9.17) is 28.6 Å². The molecule has 0 saturated heterocycles. The van der Waals surface area contributed by atoms with Crippen LogP contribution in [-0.4, -0.2) is 32.5 Å². The van der Waals surface area contributed by atoms with Gasteiger partial charge in [-0.2, -0.15) is 0 Å². The molecule has 0 radical (unpaired) electrons. The van der Waals surface area contributed by atoms with Crippen molar-refractivity contribution >= 4 is 57.2 Å². The lowest BCUT2D eigenvalue weighted by molar-refractivity contribution is 0.0529. The Morgan fingerprint density at radius 2 is 2.00 bits per heavy atom. The monoisotopic (exact) mass is 529 g/mol. The fourth-order valence-electron chi connectivity index (χ4n) is 3.47. The smallest absolute Gasteiger partial charge is 0.341 e. The summed E-state index contributed by atoms with van der Waals surface area (Å²) >= 11 is 13.0. The molecule has 0 saturated carbocycles. The number of nitrogens with one attached hydrogen (secondary N) is 2. The van der Waals surface area contributed by atoms with Crippen LogP contribution in [0.5, 0.6) is 0 Å². The predicted octanol–water partition coefficient (Wildman–Crippen LogP) is 6.14. The summed E-state index contributed by atoms with van der Waals surface area (Å²) in [5, 5.41) is 11.4. The third-order valence-electron chi connectivity index (χ3n) is 4.96. The summed E-state index contributed by atoms with van der Waals surface area (Å²) in [4.78, 5) is 18.0. The molecule has 0 fully saturated rings. The Bertz CT molecular complexity index is 1370. The number of carbonyl (C=O) groups excluding carboxylic acids is 1. The lowest BCUT2D eigenvalue weighted by Crippen LogP contribution is -2.21. The number of nitrogens with zero attached hydrogens (tertiary/aromatic N) is 3. The van der Waals surface area contributed by atoms with Crippen LogP contribution in [0.3, 0.4) is 0 Å². The summed E-state index contributed by atoms with van der Waals surface area (Å²) in [6.45, 7) is 4.27. The van der Waals surface area contributed by atoms with Crippen molar-refractivity contribution in [3.63, 3.8) is 0 Å². The number of hydrogen-bond acceptors (Lipinski definition) is 6. The van der Waals surface area contributed by atoms with Gasteiger partial charge in [-0.05, 0) is 49.3 Å². The Morgan fingerprint density at radius 1 is 1.23 bits per heavy atom. The minimum absolute atomic E-state index is 0.217. The molecular formula is C24H21ClFN5O2S2. The van der Waals surface area contributed by atoms with Gasteiger partial charge < -0.3 is 10.1 Å². The number of thiocarbonyl (C=S) groups is 1. The van der Waals surface area contributed by atoms with E-state index in [0.29, 0.717) is 27.7 Å². The topological polar surface area (TPSA) is 81.1 Å². The molecule has 0 aliphatic heterocycles. The first kappa shape index (κ1) is 24.8. The van der Waals surface area contributed by atoms with E-state index in [-0.39, 0.29) is 17.7 Å². The maximum atomic E-state index is 13.3. The first-order valence-electron chi connectivity index (χ1n) is 10.6. The van der Waals surface area contributed by atoms with Gasteiger partial charge in [0.05, 0.1) is 13.2 Å². The first-order valence-corrected chi connectivity index (χ1v) is 12.2. The second-order valence-electron chi connectivity index (χ2n) is 7.40. The van der Waals surface area contributed by atoms with Gasteiger partial charge in [-0.25, -0.2) is 18.9 Å². The van der Waals surface area contributed by atoms with Gasteiger partial charge in [0.2, 0.25) is 5.95 Å². The molecule has 7 nitrogen and oxygen atoms in total. The van der Waals surface area contributed by atoms with Crippen molar-refractivity contribution in [2.45, 2.75) is 20.4 Å². The third-order valence-corrected chi connectivity index (χ3v) is 6.54. The number of hydrogen-bond donors (Lipinski definition) is 2. The highest BCUT2D eigenvalue weighted by Crippen LogP contribution is 2.40. The van der Waals surface area contributed by atoms with E-state index in [1.807, 2.05) is 37.3 Å². The quantitative estimate of drug-likeness (QED) is 0.220. The van der Waals surface area contributed by atoms with Gasteiger partial charge in [-0.15, -0.1) is 16.4 Å². The molecule has 35 heavy (non-hydrogen) atoms. The zero-order valence-electron chi connectivity index (χ0n) is 18.8. The Morgan fingerprint density at radius 3 is 2.71 bits per heavy atom. The largest absolute Gasteiger partial charge is 0.462 e. The molecule has 11 heteroatoms.